The van der Waals surface area contributed by atoms with Crippen molar-refractivity contribution in [2.24, 2.45) is 23.7 Å². The summed E-state index contributed by atoms with van der Waals surface area (Å²) in [6.07, 6.45) is 4.45. The highest BCUT2D eigenvalue weighted by atomic mass is 16.4. The molecule has 2 aliphatic carbocycles. The van der Waals surface area contributed by atoms with Crippen molar-refractivity contribution in [2.75, 3.05) is 4.90 Å². The molecule has 1 saturated carbocycles. The van der Waals surface area contributed by atoms with Crippen LogP contribution in [0.2, 0.25) is 0 Å². The third-order valence-corrected chi connectivity index (χ3v) is 6.47. The van der Waals surface area contributed by atoms with Gasteiger partial charge in [-0.1, -0.05) is 24.3 Å². The van der Waals surface area contributed by atoms with E-state index in [9.17, 15) is 14.7 Å². The van der Waals surface area contributed by atoms with Gasteiger partial charge in [0.1, 0.15) is 0 Å². The molecule has 4 nitrogen and oxygen atoms in total. The van der Waals surface area contributed by atoms with E-state index in [0.717, 1.165) is 35.2 Å². The van der Waals surface area contributed by atoms with Crippen molar-refractivity contribution < 1.29 is 14.7 Å². The first-order valence-electron chi connectivity index (χ1n) is 8.44. The van der Waals surface area contributed by atoms with Crippen molar-refractivity contribution in [2.45, 2.75) is 32.2 Å². The number of fused-ring (bicyclic) bond motifs is 3. The molecule has 5 rings (SSSR count). The Labute approximate surface area is 134 Å². The zero-order valence-electron chi connectivity index (χ0n) is 13.0. The van der Waals surface area contributed by atoms with Crippen LogP contribution in [0, 0.1) is 30.6 Å². The zero-order chi connectivity index (χ0) is 15.9. The number of benzene rings is 1. The van der Waals surface area contributed by atoms with Gasteiger partial charge in [0.25, 0.3) is 0 Å². The van der Waals surface area contributed by atoms with E-state index in [4.69, 9.17) is 0 Å². The summed E-state index contributed by atoms with van der Waals surface area (Å²) in [5.41, 5.74) is 4.27. The number of nitrogens with zero attached hydrogens (tertiary/aromatic N) is 1. The van der Waals surface area contributed by atoms with Crippen LogP contribution in [0.3, 0.4) is 0 Å². The van der Waals surface area contributed by atoms with Crippen LogP contribution >= 0.6 is 0 Å². The van der Waals surface area contributed by atoms with Crippen LogP contribution in [-0.4, -0.2) is 23.0 Å². The Bertz CT molecular complexity index is 781. The van der Waals surface area contributed by atoms with E-state index in [1.807, 2.05) is 36.1 Å². The van der Waals surface area contributed by atoms with Crippen molar-refractivity contribution in [3.63, 3.8) is 0 Å². The van der Waals surface area contributed by atoms with Gasteiger partial charge in [0.15, 0.2) is 0 Å². The summed E-state index contributed by atoms with van der Waals surface area (Å²) in [6.45, 7) is 2.04. The molecule has 23 heavy (non-hydrogen) atoms. The summed E-state index contributed by atoms with van der Waals surface area (Å²) < 4.78 is 0. The molecule has 4 aliphatic rings. The van der Waals surface area contributed by atoms with Crippen LogP contribution in [0.5, 0.6) is 0 Å². The first-order chi connectivity index (χ1) is 11.1. The first kappa shape index (κ1) is 13.3. The average molecular weight is 309 g/mol. The van der Waals surface area contributed by atoms with Gasteiger partial charge >= 0.3 is 5.97 Å². The van der Waals surface area contributed by atoms with Crippen LogP contribution in [0.25, 0.3) is 5.57 Å². The highest BCUT2D eigenvalue weighted by Crippen LogP contribution is 2.59. The van der Waals surface area contributed by atoms with Crippen LogP contribution in [0.1, 0.15) is 30.4 Å². The number of rotatable bonds is 1. The van der Waals surface area contributed by atoms with E-state index in [1.165, 1.54) is 0 Å². The van der Waals surface area contributed by atoms with Crippen molar-refractivity contribution in [1.82, 2.24) is 0 Å². The molecule has 1 N–H and O–H groups in total. The van der Waals surface area contributed by atoms with Gasteiger partial charge in [-0.15, -0.1) is 0 Å². The molecule has 2 heterocycles. The Hall–Kier alpha value is -2.10. The van der Waals surface area contributed by atoms with E-state index in [0.29, 0.717) is 18.3 Å². The third-order valence-electron chi connectivity index (χ3n) is 6.47. The quantitative estimate of drug-likeness (QED) is 0.868. The molecule has 0 spiro atoms. The number of carboxylic acid groups (broad SMARTS) is 1. The van der Waals surface area contributed by atoms with Gasteiger partial charge in [0.2, 0.25) is 5.91 Å². The SMILES string of the molecule is Cc1cccc2c1N1C(=O)C[C@H]3CC[C@@H]4[C@H]3[C@@H]1C2=C[C@H]4C(=O)O. The second-order valence-electron chi connectivity index (χ2n) is 7.45. The van der Waals surface area contributed by atoms with E-state index in [-0.39, 0.29) is 17.9 Å². The van der Waals surface area contributed by atoms with Crippen LogP contribution < -0.4 is 4.90 Å². The highest BCUT2D eigenvalue weighted by molar-refractivity contribution is 6.07. The monoisotopic (exact) mass is 309 g/mol. The number of carbonyl (C=O) groups is 2. The summed E-state index contributed by atoms with van der Waals surface area (Å²) in [6, 6.07) is 6.16. The molecule has 1 aromatic rings. The minimum Gasteiger partial charge on any atom is -0.481 e. The number of aryl methyl sites for hydroxylation is 1. The Morgan fingerprint density at radius 3 is 2.91 bits per heavy atom. The van der Waals surface area contributed by atoms with Gasteiger partial charge in [0, 0.05) is 12.0 Å². The fourth-order valence-corrected chi connectivity index (χ4v) is 5.68. The molecule has 1 aromatic carbocycles. The maximum atomic E-state index is 12.8. The second-order valence-corrected chi connectivity index (χ2v) is 7.45. The topological polar surface area (TPSA) is 57.6 Å². The fourth-order valence-electron chi connectivity index (χ4n) is 5.68. The lowest BCUT2D eigenvalue weighted by atomic mass is 9.67. The highest BCUT2D eigenvalue weighted by Gasteiger charge is 2.58. The summed E-state index contributed by atoms with van der Waals surface area (Å²) in [5.74, 6) is -0.0699. The minimum atomic E-state index is -0.717. The lowest BCUT2D eigenvalue weighted by Crippen LogP contribution is -2.53. The van der Waals surface area contributed by atoms with Crippen molar-refractivity contribution in [3.8, 4) is 0 Å². The number of piperidine rings is 1. The van der Waals surface area contributed by atoms with E-state index >= 15 is 0 Å². The third kappa shape index (κ3) is 1.51. The predicted molar refractivity (Wildman–Crippen MR) is 85.9 cm³/mol. The summed E-state index contributed by atoms with van der Waals surface area (Å²) in [4.78, 5) is 26.6. The molecule has 0 bridgehead atoms. The standard InChI is InChI=1S/C19H19NO3/c1-9-3-2-4-12-13-8-14(19(22)23)11-6-5-10-7-15(21)20(17(9)12)18(13)16(10)11/h2-4,8,10-11,14,16,18H,5-7H2,1H3,(H,22,23)/t10-,11+,14-,16+,18+/m1/s1. The lowest BCUT2D eigenvalue weighted by molar-refractivity contribution is -0.142. The number of para-hydroxylation sites is 1. The fraction of sp³-hybridized carbons (Fsp3) is 0.474. The molecular weight excluding hydrogens is 290 g/mol. The van der Waals surface area contributed by atoms with Gasteiger partial charge in [-0.3, -0.25) is 9.59 Å². The molecule has 118 valence electrons. The normalized spacial score (nSPS) is 36.6. The minimum absolute atomic E-state index is 0.0699. The molecular formula is C19H19NO3. The van der Waals surface area contributed by atoms with Gasteiger partial charge in [-0.05, 0) is 48.7 Å². The average Bonchev–Trinajstić information content (AvgIpc) is 3.06. The van der Waals surface area contributed by atoms with Gasteiger partial charge < -0.3 is 10.0 Å². The smallest absolute Gasteiger partial charge is 0.310 e. The van der Waals surface area contributed by atoms with E-state index in [1.54, 1.807) is 0 Å². The zero-order valence-corrected chi connectivity index (χ0v) is 13.0. The number of amides is 1. The Morgan fingerprint density at radius 1 is 1.30 bits per heavy atom. The first-order valence-corrected chi connectivity index (χ1v) is 8.44. The van der Waals surface area contributed by atoms with Gasteiger partial charge in [0.05, 0.1) is 17.6 Å². The molecule has 0 aromatic heterocycles. The molecule has 0 unspecified atom stereocenters. The molecule has 2 aliphatic heterocycles. The number of aliphatic carboxylic acids is 1. The van der Waals surface area contributed by atoms with Crippen LogP contribution in [0.4, 0.5) is 5.69 Å². The number of carbonyl (C=O) groups excluding carboxylic acids is 1. The molecule has 1 saturated heterocycles. The molecule has 4 heteroatoms. The lowest BCUT2D eigenvalue weighted by Gasteiger charge is -2.45. The molecule has 5 atom stereocenters. The summed E-state index contributed by atoms with van der Waals surface area (Å²) in [7, 11) is 0. The maximum Gasteiger partial charge on any atom is 0.310 e. The van der Waals surface area contributed by atoms with Crippen LogP contribution in [0.15, 0.2) is 24.3 Å². The molecule has 1 amide bonds. The number of carboxylic acids is 1. The molecule has 0 radical (unpaired) electrons. The summed E-state index contributed by atoms with van der Waals surface area (Å²) in [5, 5.41) is 9.70. The van der Waals surface area contributed by atoms with E-state index < -0.39 is 11.9 Å². The summed E-state index contributed by atoms with van der Waals surface area (Å²) >= 11 is 0. The number of hydrogen-bond acceptors (Lipinski definition) is 2. The number of anilines is 1. The number of hydrogen-bond donors (Lipinski definition) is 1. The maximum absolute atomic E-state index is 12.8. The Kier molecular flexibility index (Phi) is 2.47. The van der Waals surface area contributed by atoms with Crippen molar-refractivity contribution in [3.05, 3.63) is 35.4 Å². The van der Waals surface area contributed by atoms with Crippen molar-refractivity contribution in [1.29, 1.82) is 0 Å². The Balaban J connectivity index is 1.78. The predicted octanol–water partition coefficient (Wildman–Crippen LogP) is 2.85. The second kappa shape index (κ2) is 4.25. The van der Waals surface area contributed by atoms with Gasteiger partial charge in [-0.2, -0.15) is 0 Å². The Morgan fingerprint density at radius 2 is 2.13 bits per heavy atom. The van der Waals surface area contributed by atoms with Gasteiger partial charge in [-0.25, -0.2) is 0 Å². The van der Waals surface area contributed by atoms with E-state index in [2.05, 4.69) is 0 Å². The molecule has 2 fully saturated rings. The van der Waals surface area contributed by atoms with Crippen LogP contribution in [-0.2, 0) is 9.59 Å². The largest absolute Gasteiger partial charge is 0.481 e. The van der Waals surface area contributed by atoms with Crippen molar-refractivity contribution >= 4 is 23.1 Å².